The van der Waals surface area contributed by atoms with Crippen LogP contribution in [-0.4, -0.2) is 25.5 Å². The smallest absolute Gasteiger partial charge is 0.216 e. The fourth-order valence-electron chi connectivity index (χ4n) is 0.843. The Morgan fingerprint density at radius 1 is 1.25 bits per heavy atom. The van der Waals surface area contributed by atoms with Crippen molar-refractivity contribution in [3.8, 4) is 0 Å². The van der Waals surface area contributed by atoms with Gasteiger partial charge in [-0.2, -0.15) is 0 Å². The summed E-state index contributed by atoms with van der Waals surface area (Å²) >= 11 is 0. The van der Waals surface area contributed by atoms with E-state index >= 15 is 0 Å². The van der Waals surface area contributed by atoms with E-state index in [-0.39, 0.29) is 5.91 Å². The summed E-state index contributed by atoms with van der Waals surface area (Å²) in [6.07, 6.45) is 1.19. The summed E-state index contributed by atoms with van der Waals surface area (Å²) in [5, 5.41) is 5.99. The van der Waals surface area contributed by atoms with Crippen molar-refractivity contribution in [1.29, 1.82) is 0 Å². The van der Waals surface area contributed by atoms with Crippen LogP contribution in [0.4, 0.5) is 0 Å². The Morgan fingerprint density at radius 3 is 2.42 bits per heavy atom. The van der Waals surface area contributed by atoms with Gasteiger partial charge in [0.2, 0.25) is 5.91 Å². The summed E-state index contributed by atoms with van der Waals surface area (Å²) in [6.45, 7) is 8.58. The predicted octanol–water partition coefficient (Wildman–Crippen LogP) is 0.758. The van der Waals surface area contributed by atoms with Gasteiger partial charge < -0.3 is 10.6 Å². The van der Waals surface area contributed by atoms with Gasteiger partial charge in [-0.25, -0.2) is 0 Å². The second kappa shape index (κ2) is 7.10. The molecule has 0 atom stereocenters. The molecule has 72 valence electrons. The molecule has 2 N–H and O–H groups in total. The van der Waals surface area contributed by atoms with Crippen molar-refractivity contribution in [2.45, 2.75) is 27.2 Å². The van der Waals surface area contributed by atoms with Crippen LogP contribution in [-0.2, 0) is 4.79 Å². The Kier molecular flexibility index (Phi) is 6.76. The van der Waals surface area contributed by atoms with Crippen molar-refractivity contribution in [1.82, 2.24) is 10.6 Å². The molecule has 0 aliphatic carbocycles. The fraction of sp³-hybridized carbons (Fsp3) is 0.889. The second-order valence-electron chi connectivity index (χ2n) is 3.42. The van der Waals surface area contributed by atoms with Crippen molar-refractivity contribution in [3.05, 3.63) is 0 Å². The van der Waals surface area contributed by atoms with E-state index in [2.05, 4.69) is 24.5 Å². The molecular weight excluding hydrogens is 152 g/mol. The maximum absolute atomic E-state index is 10.4. The van der Waals surface area contributed by atoms with E-state index in [1.54, 1.807) is 0 Å². The Morgan fingerprint density at radius 2 is 1.92 bits per heavy atom. The van der Waals surface area contributed by atoms with Crippen LogP contribution in [0.2, 0.25) is 0 Å². The second-order valence-corrected chi connectivity index (χ2v) is 3.42. The molecule has 0 aliphatic rings. The highest BCUT2D eigenvalue weighted by atomic mass is 16.1. The number of carbonyl (C=O) groups excluding carboxylic acids is 1. The van der Waals surface area contributed by atoms with Gasteiger partial charge in [0.05, 0.1) is 0 Å². The standard InChI is InChI=1S/C9H20N2O/c1-8(2)4-5-10-6-7-11-9(3)12/h8,10H,4-7H2,1-3H3,(H,11,12). The van der Waals surface area contributed by atoms with E-state index in [0.717, 1.165) is 25.6 Å². The average molecular weight is 172 g/mol. The highest BCUT2D eigenvalue weighted by Gasteiger charge is 1.93. The van der Waals surface area contributed by atoms with Gasteiger partial charge in [0.1, 0.15) is 0 Å². The third kappa shape index (κ3) is 9.43. The van der Waals surface area contributed by atoms with E-state index in [0.29, 0.717) is 0 Å². The normalized spacial score (nSPS) is 10.3. The molecule has 3 nitrogen and oxygen atoms in total. The number of hydrogen-bond acceptors (Lipinski definition) is 2. The molecule has 0 saturated heterocycles. The van der Waals surface area contributed by atoms with E-state index in [9.17, 15) is 4.79 Å². The molecule has 0 aromatic heterocycles. The monoisotopic (exact) mass is 172 g/mol. The summed E-state index contributed by atoms with van der Waals surface area (Å²) < 4.78 is 0. The summed E-state index contributed by atoms with van der Waals surface area (Å²) in [7, 11) is 0. The lowest BCUT2D eigenvalue weighted by Crippen LogP contribution is -2.30. The quantitative estimate of drug-likeness (QED) is 0.581. The fourth-order valence-corrected chi connectivity index (χ4v) is 0.843. The number of carbonyl (C=O) groups is 1. The first-order chi connectivity index (χ1) is 5.63. The molecule has 0 bridgehead atoms. The van der Waals surface area contributed by atoms with E-state index in [1.165, 1.54) is 13.3 Å². The molecular formula is C9H20N2O. The van der Waals surface area contributed by atoms with Crippen LogP contribution in [0.15, 0.2) is 0 Å². The number of nitrogens with one attached hydrogen (secondary N) is 2. The molecule has 0 saturated carbocycles. The van der Waals surface area contributed by atoms with Crippen LogP contribution in [0.1, 0.15) is 27.2 Å². The van der Waals surface area contributed by atoms with Gasteiger partial charge in [-0.05, 0) is 18.9 Å². The molecule has 0 aliphatic heterocycles. The van der Waals surface area contributed by atoms with Gasteiger partial charge in [0.25, 0.3) is 0 Å². The molecule has 0 spiro atoms. The molecule has 0 heterocycles. The molecule has 1 amide bonds. The first-order valence-electron chi connectivity index (χ1n) is 4.58. The van der Waals surface area contributed by atoms with Gasteiger partial charge in [0, 0.05) is 20.0 Å². The van der Waals surface area contributed by atoms with Crippen molar-refractivity contribution in [2.24, 2.45) is 5.92 Å². The zero-order chi connectivity index (χ0) is 9.40. The Bertz CT molecular complexity index is 124. The summed E-state index contributed by atoms with van der Waals surface area (Å²) in [5.41, 5.74) is 0. The van der Waals surface area contributed by atoms with Gasteiger partial charge in [0.15, 0.2) is 0 Å². The Labute approximate surface area is 74.9 Å². The average Bonchev–Trinajstić information content (AvgIpc) is 1.95. The third-order valence-corrected chi connectivity index (χ3v) is 1.57. The lowest BCUT2D eigenvalue weighted by atomic mass is 10.1. The van der Waals surface area contributed by atoms with Crippen LogP contribution in [0, 0.1) is 5.92 Å². The molecule has 0 aromatic carbocycles. The molecule has 0 aromatic rings. The van der Waals surface area contributed by atoms with Gasteiger partial charge in [-0.3, -0.25) is 4.79 Å². The van der Waals surface area contributed by atoms with Crippen molar-refractivity contribution >= 4 is 5.91 Å². The van der Waals surface area contributed by atoms with Gasteiger partial charge in [-0.1, -0.05) is 13.8 Å². The summed E-state index contributed by atoms with van der Waals surface area (Å²) in [5.74, 6) is 0.791. The zero-order valence-electron chi connectivity index (χ0n) is 8.31. The van der Waals surface area contributed by atoms with E-state index in [4.69, 9.17) is 0 Å². The molecule has 0 unspecified atom stereocenters. The van der Waals surface area contributed by atoms with Gasteiger partial charge in [-0.15, -0.1) is 0 Å². The molecule has 12 heavy (non-hydrogen) atoms. The van der Waals surface area contributed by atoms with Crippen LogP contribution >= 0.6 is 0 Å². The van der Waals surface area contributed by atoms with Crippen LogP contribution in [0.25, 0.3) is 0 Å². The SMILES string of the molecule is CC(=O)NCCNCCC(C)C. The van der Waals surface area contributed by atoms with Crippen LogP contribution in [0.3, 0.4) is 0 Å². The first kappa shape index (κ1) is 11.4. The Hall–Kier alpha value is -0.570. The number of amides is 1. The molecule has 3 heteroatoms. The van der Waals surface area contributed by atoms with Crippen molar-refractivity contribution in [2.75, 3.05) is 19.6 Å². The third-order valence-electron chi connectivity index (χ3n) is 1.57. The van der Waals surface area contributed by atoms with Gasteiger partial charge >= 0.3 is 0 Å². The van der Waals surface area contributed by atoms with Crippen molar-refractivity contribution in [3.63, 3.8) is 0 Å². The minimum atomic E-state index is 0.0423. The lowest BCUT2D eigenvalue weighted by molar-refractivity contribution is -0.118. The van der Waals surface area contributed by atoms with E-state index in [1.807, 2.05) is 0 Å². The highest BCUT2D eigenvalue weighted by Crippen LogP contribution is 1.95. The summed E-state index contributed by atoms with van der Waals surface area (Å²) in [4.78, 5) is 10.4. The minimum absolute atomic E-state index is 0.0423. The number of rotatable bonds is 6. The molecule has 0 radical (unpaired) electrons. The molecule has 0 rings (SSSR count). The first-order valence-corrected chi connectivity index (χ1v) is 4.58. The summed E-state index contributed by atoms with van der Waals surface area (Å²) in [6, 6.07) is 0. The molecule has 0 fully saturated rings. The number of hydrogen-bond donors (Lipinski definition) is 2. The predicted molar refractivity (Wildman–Crippen MR) is 51.0 cm³/mol. The highest BCUT2D eigenvalue weighted by molar-refractivity contribution is 5.72. The largest absolute Gasteiger partial charge is 0.355 e. The maximum Gasteiger partial charge on any atom is 0.216 e. The van der Waals surface area contributed by atoms with Crippen molar-refractivity contribution < 1.29 is 4.79 Å². The van der Waals surface area contributed by atoms with E-state index < -0.39 is 0 Å². The minimum Gasteiger partial charge on any atom is -0.355 e. The zero-order valence-corrected chi connectivity index (χ0v) is 8.31. The van der Waals surface area contributed by atoms with Crippen LogP contribution in [0.5, 0.6) is 0 Å². The Balaban J connectivity index is 2.96. The topological polar surface area (TPSA) is 41.1 Å². The van der Waals surface area contributed by atoms with Crippen LogP contribution < -0.4 is 10.6 Å². The lowest BCUT2D eigenvalue weighted by Gasteiger charge is -2.06. The maximum atomic E-state index is 10.4.